The third-order valence-corrected chi connectivity index (χ3v) is 1.74. The van der Waals surface area contributed by atoms with Crippen LogP contribution in [0.1, 0.15) is 15.9 Å². The number of nitrogen functional groups attached to an aromatic ring is 1. The summed E-state index contributed by atoms with van der Waals surface area (Å²) in [6.07, 6.45) is 1.30. The molecule has 0 saturated heterocycles. The van der Waals surface area contributed by atoms with Gasteiger partial charge in [0.1, 0.15) is 0 Å². The Morgan fingerprint density at radius 1 is 1.58 bits per heavy atom. The third kappa shape index (κ3) is 1.53. The molecule has 0 aliphatic carbocycles. The van der Waals surface area contributed by atoms with E-state index < -0.39 is 0 Å². The van der Waals surface area contributed by atoms with Crippen molar-refractivity contribution in [1.82, 2.24) is 0 Å². The predicted octanol–water partition coefficient (Wildman–Crippen LogP) is 1.95. The van der Waals surface area contributed by atoms with Gasteiger partial charge in [-0.2, -0.15) is 0 Å². The van der Waals surface area contributed by atoms with Crippen LogP contribution in [0.15, 0.2) is 30.9 Å². The van der Waals surface area contributed by atoms with E-state index in [1.807, 2.05) is 6.92 Å². The molecule has 0 spiro atoms. The molecule has 0 radical (unpaired) electrons. The standard InChI is InChI=1S/C10H11NO/c1-3-10(12)8-4-5-9(11)7(2)6-8/h3-6H,1,11H2,2H3. The molecule has 0 amide bonds. The number of benzene rings is 1. The van der Waals surface area contributed by atoms with E-state index in [1.165, 1.54) is 6.08 Å². The van der Waals surface area contributed by atoms with Crippen molar-refractivity contribution in [3.8, 4) is 0 Å². The van der Waals surface area contributed by atoms with E-state index in [4.69, 9.17) is 5.73 Å². The molecular weight excluding hydrogens is 150 g/mol. The number of aryl methyl sites for hydroxylation is 1. The summed E-state index contributed by atoms with van der Waals surface area (Å²) >= 11 is 0. The molecule has 0 atom stereocenters. The first-order valence-electron chi connectivity index (χ1n) is 3.68. The lowest BCUT2D eigenvalue weighted by Gasteiger charge is -2.00. The van der Waals surface area contributed by atoms with E-state index in [9.17, 15) is 4.79 Å². The summed E-state index contributed by atoms with van der Waals surface area (Å²) in [6, 6.07) is 5.19. The van der Waals surface area contributed by atoms with Gasteiger partial charge in [-0.15, -0.1) is 0 Å². The van der Waals surface area contributed by atoms with Crippen LogP contribution in [0.5, 0.6) is 0 Å². The van der Waals surface area contributed by atoms with Crippen LogP contribution in [0, 0.1) is 6.92 Å². The van der Waals surface area contributed by atoms with Crippen molar-refractivity contribution < 1.29 is 4.79 Å². The van der Waals surface area contributed by atoms with Crippen molar-refractivity contribution in [2.24, 2.45) is 0 Å². The highest BCUT2D eigenvalue weighted by molar-refractivity contribution is 6.04. The van der Waals surface area contributed by atoms with Gasteiger partial charge in [-0.1, -0.05) is 6.58 Å². The van der Waals surface area contributed by atoms with Gasteiger partial charge in [0.05, 0.1) is 0 Å². The lowest BCUT2D eigenvalue weighted by atomic mass is 10.1. The molecule has 62 valence electrons. The second kappa shape index (κ2) is 3.22. The Balaban J connectivity index is 3.13. The molecule has 0 fully saturated rings. The van der Waals surface area contributed by atoms with Crippen molar-refractivity contribution in [2.45, 2.75) is 6.92 Å². The van der Waals surface area contributed by atoms with E-state index in [-0.39, 0.29) is 5.78 Å². The van der Waals surface area contributed by atoms with Crippen LogP contribution in [0.25, 0.3) is 0 Å². The highest BCUT2D eigenvalue weighted by atomic mass is 16.1. The SMILES string of the molecule is C=CC(=O)c1ccc(N)c(C)c1. The Hall–Kier alpha value is -1.57. The summed E-state index contributed by atoms with van der Waals surface area (Å²) in [6.45, 7) is 5.28. The van der Waals surface area contributed by atoms with Crippen LogP contribution in [0.2, 0.25) is 0 Å². The number of carbonyl (C=O) groups excluding carboxylic acids is 1. The average Bonchev–Trinajstić information content (AvgIpc) is 2.08. The largest absolute Gasteiger partial charge is 0.399 e. The molecule has 0 heterocycles. The van der Waals surface area contributed by atoms with Crippen molar-refractivity contribution in [3.63, 3.8) is 0 Å². The summed E-state index contributed by atoms with van der Waals surface area (Å²) in [7, 11) is 0. The molecule has 1 aromatic rings. The van der Waals surface area contributed by atoms with Crippen LogP contribution in [-0.4, -0.2) is 5.78 Å². The van der Waals surface area contributed by atoms with Gasteiger partial charge >= 0.3 is 0 Å². The van der Waals surface area contributed by atoms with E-state index >= 15 is 0 Å². The van der Waals surface area contributed by atoms with Crippen molar-refractivity contribution in [2.75, 3.05) is 5.73 Å². The first-order chi connectivity index (χ1) is 5.65. The van der Waals surface area contributed by atoms with Gasteiger partial charge in [0.25, 0.3) is 0 Å². The minimum absolute atomic E-state index is 0.0712. The molecule has 2 nitrogen and oxygen atoms in total. The number of allylic oxidation sites excluding steroid dienone is 1. The predicted molar refractivity (Wildman–Crippen MR) is 50.1 cm³/mol. The fraction of sp³-hybridized carbons (Fsp3) is 0.100. The number of ketones is 1. The molecule has 0 unspecified atom stereocenters. The Labute approximate surface area is 71.7 Å². The molecule has 2 heteroatoms. The summed E-state index contributed by atoms with van der Waals surface area (Å²) < 4.78 is 0. The Morgan fingerprint density at radius 3 is 2.75 bits per heavy atom. The number of hydrogen-bond acceptors (Lipinski definition) is 2. The minimum Gasteiger partial charge on any atom is -0.399 e. The lowest BCUT2D eigenvalue weighted by Crippen LogP contribution is -1.96. The van der Waals surface area contributed by atoms with Crippen molar-refractivity contribution in [1.29, 1.82) is 0 Å². The Morgan fingerprint density at radius 2 is 2.25 bits per heavy atom. The fourth-order valence-electron chi connectivity index (χ4n) is 0.947. The zero-order chi connectivity index (χ0) is 9.14. The number of hydrogen-bond donors (Lipinski definition) is 1. The van der Waals surface area contributed by atoms with Gasteiger partial charge in [-0.05, 0) is 36.8 Å². The number of carbonyl (C=O) groups is 1. The Kier molecular flexibility index (Phi) is 2.29. The maximum atomic E-state index is 11.1. The van der Waals surface area contributed by atoms with Crippen molar-refractivity contribution in [3.05, 3.63) is 42.0 Å². The summed E-state index contributed by atoms with van der Waals surface area (Å²) in [4.78, 5) is 11.1. The molecule has 1 rings (SSSR count). The molecule has 12 heavy (non-hydrogen) atoms. The third-order valence-electron chi connectivity index (χ3n) is 1.74. The highest BCUT2D eigenvalue weighted by Crippen LogP contribution is 2.12. The zero-order valence-corrected chi connectivity index (χ0v) is 7.00. The first-order valence-corrected chi connectivity index (χ1v) is 3.68. The molecule has 2 N–H and O–H groups in total. The highest BCUT2D eigenvalue weighted by Gasteiger charge is 2.01. The van der Waals surface area contributed by atoms with Gasteiger partial charge in [0.2, 0.25) is 0 Å². The minimum atomic E-state index is -0.0712. The lowest BCUT2D eigenvalue weighted by molar-refractivity contribution is 0.104. The summed E-state index contributed by atoms with van der Waals surface area (Å²) in [5, 5.41) is 0. The van der Waals surface area contributed by atoms with E-state index in [0.29, 0.717) is 11.3 Å². The van der Waals surface area contributed by atoms with E-state index in [1.54, 1.807) is 18.2 Å². The Bertz CT molecular complexity index is 329. The quantitative estimate of drug-likeness (QED) is 0.409. The molecule has 0 bridgehead atoms. The van der Waals surface area contributed by atoms with Gasteiger partial charge in [0.15, 0.2) is 5.78 Å². The second-order valence-electron chi connectivity index (χ2n) is 2.64. The molecule has 0 aliphatic rings. The maximum absolute atomic E-state index is 11.1. The van der Waals surface area contributed by atoms with Gasteiger partial charge in [-0.25, -0.2) is 0 Å². The molecular formula is C10H11NO. The van der Waals surface area contributed by atoms with Crippen LogP contribution in [0.3, 0.4) is 0 Å². The van der Waals surface area contributed by atoms with Gasteiger partial charge in [-0.3, -0.25) is 4.79 Å². The number of rotatable bonds is 2. The molecule has 0 aromatic heterocycles. The monoisotopic (exact) mass is 161 g/mol. The van der Waals surface area contributed by atoms with Crippen molar-refractivity contribution >= 4 is 11.5 Å². The van der Waals surface area contributed by atoms with Gasteiger partial charge in [0, 0.05) is 11.3 Å². The van der Waals surface area contributed by atoms with Crippen LogP contribution < -0.4 is 5.73 Å². The topological polar surface area (TPSA) is 43.1 Å². The van der Waals surface area contributed by atoms with E-state index in [0.717, 1.165) is 5.56 Å². The normalized spacial score (nSPS) is 9.42. The van der Waals surface area contributed by atoms with Gasteiger partial charge < -0.3 is 5.73 Å². The maximum Gasteiger partial charge on any atom is 0.185 e. The number of anilines is 1. The summed E-state index contributed by atoms with van der Waals surface area (Å²) in [5.74, 6) is -0.0712. The van der Waals surface area contributed by atoms with Crippen LogP contribution in [0.4, 0.5) is 5.69 Å². The first kappa shape index (κ1) is 8.53. The average molecular weight is 161 g/mol. The zero-order valence-electron chi connectivity index (χ0n) is 7.00. The molecule has 0 saturated carbocycles. The fourth-order valence-corrected chi connectivity index (χ4v) is 0.947. The smallest absolute Gasteiger partial charge is 0.185 e. The molecule has 0 aliphatic heterocycles. The summed E-state index contributed by atoms with van der Waals surface area (Å²) in [5.41, 5.74) is 7.85. The van der Waals surface area contributed by atoms with E-state index in [2.05, 4.69) is 6.58 Å². The second-order valence-corrected chi connectivity index (χ2v) is 2.64. The van der Waals surface area contributed by atoms with Crippen LogP contribution in [-0.2, 0) is 0 Å². The van der Waals surface area contributed by atoms with Crippen LogP contribution >= 0.6 is 0 Å². The number of nitrogens with two attached hydrogens (primary N) is 1. The molecule has 1 aromatic carbocycles.